The summed E-state index contributed by atoms with van der Waals surface area (Å²) in [6.45, 7) is 3.15. The summed E-state index contributed by atoms with van der Waals surface area (Å²) in [5.41, 5.74) is -0.921. The van der Waals surface area contributed by atoms with Crippen LogP contribution < -0.4 is 5.46 Å². The molecular weight excluding hydrogens is 196 g/mol. The molecule has 0 fully saturated rings. The van der Waals surface area contributed by atoms with Gasteiger partial charge in [-0.25, -0.2) is 13.2 Å². The highest BCUT2D eigenvalue weighted by Crippen LogP contribution is 2.14. The summed E-state index contributed by atoms with van der Waals surface area (Å²) >= 11 is 0. The lowest BCUT2D eigenvalue weighted by molar-refractivity contribution is 0.420. The zero-order valence-electron chi connectivity index (χ0n) is 6.97. The van der Waals surface area contributed by atoms with Crippen molar-refractivity contribution in [3.8, 4) is 0 Å². The van der Waals surface area contributed by atoms with Gasteiger partial charge in [-0.15, -0.1) is 0 Å². The first-order valence-corrected chi connectivity index (χ1v) is 3.65. The second-order valence-corrected chi connectivity index (χ2v) is 2.57. The van der Waals surface area contributed by atoms with Crippen LogP contribution in [-0.4, -0.2) is 17.2 Å². The SMILES string of the molecule is C=Cc1c(B(O)O)cc(F)c(F)c1F. The molecule has 2 N–H and O–H groups in total. The lowest BCUT2D eigenvalue weighted by Crippen LogP contribution is -2.33. The fourth-order valence-corrected chi connectivity index (χ4v) is 1.05. The van der Waals surface area contributed by atoms with Crippen molar-refractivity contribution in [2.45, 2.75) is 0 Å². The van der Waals surface area contributed by atoms with E-state index in [1.165, 1.54) is 0 Å². The van der Waals surface area contributed by atoms with Crippen LogP contribution in [0.3, 0.4) is 0 Å². The molecule has 0 amide bonds. The summed E-state index contributed by atoms with van der Waals surface area (Å²) in [6, 6.07) is 0.514. The minimum absolute atomic E-state index is 0.459. The van der Waals surface area contributed by atoms with E-state index in [-0.39, 0.29) is 0 Å². The fraction of sp³-hybridized carbons (Fsp3) is 0. The number of rotatable bonds is 2. The van der Waals surface area contributed by atoms with E-state index in [0.29, 0.717) is 6.07 Å². The molecule has 0 aliphatic heterocycles. The van der Waals surface area contributed by atoms with E-state index in [1.54, 1.807) is 0 Å². The van der Waals surface area contributed by atoms with Gasteiger partial charge < -0.3 is 10.0 Å². The standard InChI is InChI=1S/C8H6BF3O2/c1-2-4-5(9(13)14)3-6(10)8(12)7(4)11/h2-3,13-14H,1H2. The molecular formula is C8H6BF3O2. The minimum atomic E-state index is -2.08. The largest absolute Gasteiger partial charge is 0.489 e. The van der Waals surface area contributed by atoms with Gasteiger partial charge >= 0.3 is 7.12 Å². The molecule has 0 unspecified atom stereocenters. The van der Waals surface area contributed by atoms with Crippen LogP contribution in [0.1, 0.15) is 5.56 Å². The molecule has 0 spiro atoms. The average molecular weight is 202 g/mol. The van der Waals surface area contributed by atoms with Gasteiger partial charge in [0.05, 0.1) is 0 Å². The summed E-state index contributed by atoms with van der Waals surface area (Å²) in [7, 11) is -2.08. The highest BCUT2D eigenvalue weighted by Gasteiger charge is 2.23. The Morgan fingerprint density at radius 2 is 1.79 bits per heavy atom. The highest BCUT2D eigenvalue weighted by molar-refractivity contribution is 6.59. The molecule has 0 saturated heterocycles. The van der Waals surface area contributed by atoms with Crippen LogP contribution in [0.4, 0.5) is 13.2 Å². The minimum Gasteiger partial charge on any atom is -0.423 e. The summed E-state index contributed by atoms with van der Waals surface area (Å²) in [5.74, 6) is -4.62. The molecule has 14 heavy (non-hydrogen) atoms. The molecule has 0 aliphatic rings. The molecule has 1 rings (SSSR count). The first-order chi connectivity index (χ1) is 6.49. The number of hydrogen-bond acceptors (Lipinski definition) is 2. The quantitative estimate of drug-likeness (QED) is 0.539. The van der Waals surface area contributed by atoms with Crippen LogP contribution in [-0.2, 0) is 0 Å². The maximum Gasteiger partial charge on any atom is 0.489 e. The van der Waals surface area contributed by atoms with E-state index in [4.69, 9.17) is 10.0 Å². The topological polar surface area (TPSA) is 40.5 Å². The Morgan fingerprint density at radius 1 is 1.21 bits per heavy atom. The van der Waals surface area contributed by atoms with Gasteiger partial charge in [-0.1, -0.05) is 12.7 Å². The van der Waals surface area contributed by atoms with E-state index in [9.17, 15) is 13.2 Å². The Bertz CT molecular complexity index is 379. The highest BCUT2D eigenvalue weighted by atomic mass is 19.2. The molecule has 0 atom stereocenters. The lowest BCUT2D eigenvalue weighted by atomic mass is 9.76. The maximum absolute atomic E-state index is 13.0. The van der Waals surface area contributed by atoms with Crippen LogP contribution in [0.5, 0.6) is 0 Å². The van der Waals surface area contributed by atoms with Gasteiger partial charge in [0.2, 0.25) is 0 Å². The molecule has 0 aliphatic carbocycles. The maximum atomic E-state index is 13.0. The number of halogens is 3. The summed E-state index contributed by atoms with van der Waals surface area (Å²) in [4.78, 5) is 0. The fourth-order valence-electron chi connectivity index (χ4n) is 1.05. The molecule has 0 heterocycles. The Hall–Kier alpha value is -1.27. The van der Waals surface area contributed by atoms with Gasteiger partial charge in [-0.05, 0) is 11.5 Å². The van der Waals surface area contributed by atoms with Gasteiger partial charge in [-0.2, -0.15) is 0 Å². The average Bonchev–Trinajstić information content (AvgIpc) is 2.13. The van der Waals surface area contributed by atoms with Crippen molar-refractivity contribution in [3.63, 3.8) is 0 Å². The lowest BCUT2D eigenvalue weighted by Gasteiger charge is -2.07. The summed E-state index contributed by atoms with van der Waals surface area (Å²) < 4.78 is 38.3. The van der Waals surface area contributed by atoms with Crippen molar-refractivity contribution in [2.24, 2.45) is 0 Å². The monoisotopic (exact) mass is 202 g/mol. The van der Waals surface area contributed by atoms with Gasteiger partial charge in [-0.3, -0.25) is 0 Å². The van der Waals surface area contributed by atoms with Crippen molar-refractivity contribution < 1.29 is 23.2 Å². The van der Waals surface area contributed by atoms with Crippen LogP contribution in [0.25, 0.3) is 6.08 Å². The summed E-state index contributed by atoms with van der Waals surface area (Å²) in [5, 5.41) is 17.5. The van der Waals surface area contributed by atoms with Crippen molar-refractivity contribution in [1.29, 1.82) is 0 Å². The smallest absolute Gasteiger partial charge is 0.423 e. The number of benzene rings is 1. The first-order valence-electron chi connectivity index (χ1n) is 3.65. The molecule has 0 aromatic heterocycles. The first kappa shape index (κ1) is 10.8. The second kappa shape index (κ2) is 3.85. The van der Waals surface area contributed by atoms with Crippen molar-refractivity contribution in [3.05, 3.63) is 35.7 Å². The molecule has 0 bridgehead atoms. The number of hydrogen-bond donors (Lipinski definition) is 2. The van der Waals surface area contributed by atoms with E-state index in [2.05, 4.69) is 6.58 Å². The predicted molar refractivity (Wildman–Crippen MR) is 46.2 cm³/mol. The van der Waals surface area contributed by atoms with E-state index in [0.717, 1.165) is 6.08 Å². The predicted octanol–water partition coefficient (Wildman–Crippen LogP) is 0.427. The van der Waals surface area contributed by atoms with Gasteiger partial charge in [0.1, 0.15) is 0 Å². The molecule has 0 radical (unpaired) electrons. The third-order valence-corrected chi connectivity index (χ3v) is 1.71. The van der Waals surface area contributed by atoms with Crippen LogP contribution in [0, 0.1) is 17.5 Å². The Morgan fingerprint density at radius 3 is 2.21 bits per heavy atom. The zero-order valence-corrected chi connectivity index (χ0v) is 6.97. The van der Waals surface area contributed by atoms with E-state index in [1.807, 2.05) is 0 Å². The zero-order chi connectivity index (χ0) is 10.9. The van der Waals surface area contributed by atoms with Crippen molar-refractivity contribution in [2.75, 3.05) is 0 Å². The molecule has 1 aromatic rings. The molecule has 2 nitrogen and oxygen atoms in total. The molecule has 74 valence electrons. The van der Waals surface area contributed by atoms with Crippen molar-refractivity contribution >= 4 is 18.7 Å². The van der Waals surface area contributed by atoms with Crippen LogP contribution >= 0.6 is 0 Å². The van der Waals surface area contributed by atoms with Gasteiger partial charge in [0.25, 0.3) is 0 Å². The normalized spacial score (nSPS) is 10.1. The Balaban J connectivity index is 3.51. The molecule has 1 aromatic carbocycles. The van der Waals surface area contributed by atoms with Gasteiger partial charge in [0.15, 0.2) is 17.5 Å². The van der Waals surface area contributed by atoms with Crippen LogP contribution in [0.15, 0.2) is 12.6 Å². The molecule has 6 heteroatoms. The van der Waals surface area contributed by atoms with E-state index < -0.39 is 35.6 Å². The van der Waals surface area contributed by atoms with Crippen LogP contribution in [0.2, 0.25) is 0 Å². The van der Waals surface area contributed by atoms with Gasteiger partial charge in [0, 0.05) is 5.56 Å². The third kappa shape index (κ3) is 1.66. The Labute approximate surface area is 78.4 Å². The van der Waals surface area contributed by atoms with Crippen molar-refractivity contribution in [1.82, 2.24) is 0 Å². The summed E-state index contributed by atoms with van der Waals surface area (Å²) in [6.07, 6.45) is 0.882. The van der Waals surface area contributed by atoms with E-state index >= 15 is 0 Å². The Kier molecular flexibility index (Phi) is 2.98. The second-order valence-electron chi connectivity index (χ2n) is 2.57. The molecule has 0 saturated carbocycles. The third-order valence-electron chi connectivity index (χ3n) is 1.71.